The van der Waals surface area contributed by atoms with Gasteiger partial charge >= 0.3 is 0 Å². The van der Waals surface area contributed by atoms with Gasteiger partial charge in [-0.05, 0) is 25.3 Å². The molecular formula is C13H18N2O. The first-order chi connectivity index (χ1) is 7.65. The molecule has 3 heteroatoms. The van der Waals surface area contributed by atoms with Crippen LogP contribution >= 0.6 is 0 Å². The highest BCUT2D eigenvalue weighted by Gasteiger charge is 2.43. The molecule has 1 heterocycles. The van der Waals surface area contributed by atoms with Gasteiger partial charge in [-0.2, -0.15) is 0 Å². The Hall–Kier alpha value is -1.22. The van der Waals surface area contributed by atoms with Gasteiger partial charge in [0.2, 0.25) is 0 Å². The van der Waals surface area contributed by atoms with Crippen LogP contribution in [-0.2, 0) is 12.0 Å². The van der Waals surface area contributed by atoms with E-state index in [-0.39, 0.29) is 5.54 Å². The summed E-state index contributed by atoms with van der Waals surface area (Å²) in [5, 5.41) is 0. The van der Waals surface area contributed by atoms with Crippen LogP contribution in [0.15, 0.2) is 12.1 Å². The van der Waals surface area contributed by atoms with Crippen LogP contribution in [0.5, 0.6) is 5.75 Å². The zero-order valence-electron chi connectivity index (χ0n) is 9.92. The summed E-state index contributed by atoms with van der Waals surface area (Å²) >= 11 is 0. The smallest absolute Gasteiger partial charge is 0.129 e. The van der Waals surface area contributed by atoms with E-state index < -0.39 is 0 Å². The lowest BCUT2D eigenvalue weighted by Gasteiger charge is -2.19. The van der Waals surface area contributed by atoms with Crippen molar-refractivity contribution in [2.45, 2.75) is 24.8 Å². The molecule has 0 aromatic heterocycles. The number of ether oxygens (including phenoxy) is 1. The van der Waals surface area contributed by atoms with Crippen molar-refractivity contribution in [3.05, 3.63) is 23.3 Å². The third kappa shape index (κ3) is 1.24. The molecule has 1 aliphatic heterocycles. The summed E-state index contributed by atoms with van der Waals surface area (Å²) in [5.41, 5.74) is 10.00. The molecular weight excluding hydrogens is 200 g/mol. The van der Waals surface area contributed by atoms with Gasteiger partial charge in [0, 0.05) is 35.9 Å². The van der Waals surface area contributed by atoms with Crippen molar-refractivity contribution in [3.8, 4) is 5.75 Å². The van der Waals surface area contributed by atoms with E-state index in [1.54, 1.807) is 7.11 Å². The molecule has 16 heavy (non-hydrogen) atoms. The second-order valence-electron chi connectivity index (χ2n) is 4.97. The van der Waals surface area contributed by atoms with Gasteiger partial charge in [-0.3, -0.25) is 0 Å². The van der Waals surface area contributed by atoms with E-state index in [0.717, 1.165) is 31.6 Å². The first-order valence-corrected chi connectivity index (χ1v) is 5.86. The highest BCUT2D eigenvalue weighted by Crippen LogP contribution is 2.49. The van der Waals surface area contributed by atoms with Crippen LogP contribution in [0.4, 0.5) is 5.69 Å². The van der Waals surface area contributed by atoms with Gasteiger partial charge in [-0.15, -0.1) is 0 Å². The summed E-state index contributed by atoms with van der Waals surface area (Å²) in [4.78, 5) is 2.28. The molecule has 2 aliphatic rings. The molecule has 0 bridgehead atoms. The number of likely N-dealkylation sites (N-methyl/N-ethyl adjacent to an activating group) is 1. The number of fused-ring (bicyclic) bond motifs is 1. The fraction of sp³-hybridized carbons (Fsp3) is 0.538. The molecule has 0 amide bonds. The Labute approximate surface area is 96.2 Å². The minimum absolute atomic E-state index is 0.110. The number of hydrogen-bond donors (Lipinski definition) is 1. The Morgan fingerprint density at radius 2 is 2.12 bits per heavy atom. The number of benzene rings is 1. The predicted octanol–water partition coefficient (Wildman–Crippen LogP) is 1.64. The highest BCUT2D eigenvalue weighted by molar-refractivity contribution is 5.66. The molecule has 2 N–H and O–H groups in total. The van der Waals surface area contributed by atoms with Crippen molar-refractivity contribution < 1.29 is 4.74 Å². The molecule has 1 saturated carbocycles. The molecule has 3 rings (SSSR count). The summed E-state index contributed by atoms with van der Waals surface area (Å²) < 4.78 is 5.60. The fourth-order valence-corrected chi connectivity index (χ4v) is 2.65. The van der Waals surface area contributed by atoms with Crippen LogP contribution in [-0.4, -0.2) is 20.7 Å². The van der Waals surface area contributed by atoms with E-state index in [1.807, 2.05) is 0 Å². The first kappa shape index (κ1) is 9.97. The number of nitrogens with zero attached hydrogens (tertiary/aromatic N) is 1. The van der Waals surface area contributed by atoms with Crippen molar-refractivity contribution in [3.63, 3.8) is 0 Å². The Morgan fingerprint density at radius 3 is 2.75 bits per heavy atom. The lowest BCUT2D eigenvalue weighted by Crippen LogP contribution is -2.20. The third-order valence-electron chi connectivity index (χ3n) is 3.87. The molecule has 0 atom stereocenters. The Bertz CT molecular complexity index is 438. The Kier molecular flexibility index (Phi) is 1.96. The molecule has 1 aromatic carbocycles. The van der Waals surface area contributed by atoms with Crippen LogP contribution in [0.3, 0.4) is 0 Å². The second-order valence-corrected chi connectivity index (χ2v) is 4.97. The van der Waals surface area contributed by atoms with Crippen LogP contribution in [0.2, 0.25) is 0 Å². The van der Waals surface area contributed by atoms with E-state index in [0.29, 0.717) is 0 Å². The maximum atomic E-state index is 6.28. The maximum absolute atomic E-state index is 6.28. The first-order valence-electron chi connectivity index (χ1n) is 5.86. The van der Waals surface area contributed by atoms with E-state index in [2.05, 4.69) is 24.1 Å². The zero-order chi connectivity index (χ0) is 11.3. The van der Waals surface area contributed by atoms with Crippen molar-refractivity contribution >= 4 is 5.69 Å². The Morgan fingerprint density at radius 1 is 1.38 bits per heavy atom. The number of methoxy groups -OCH3 is 1. The topological polar surface area (TPSA) is 38.5 Å². The van der Waals surface area contributed by atoms with Crippen molar-refractivity contribution in [1.29, 1.82) is 0 Å². The van der Waals surface area contributed by atoms with E-state index in [9.17, 15) is 0 Å². The monoisotopic (exact) mass is 218 g/mol. The molecule has 0 saturated heterocycles. The molecule has 1 fully saturated rings. The molecule has 3 nitrogen and oxygen atoms in total. The van der Waals surface area contributed by atoms with Crippen LogP contribution in [0, 0.1) is 0 Å². The zero-order valence-corrected chi connectivity index (χ0v) is 9.92. The van der Waals surface area contributed by atoms with Gasteiger partial charge in [0.1, 0.15) is 5.75 Å². The summed E-state index contributed by atoms with van der Waals surface area (Å²) in [6.07, 6.45) is 3.23. The van der Waals surface area contributed by atoms with Gasteiger partial charge in [0.15, 0.2) is 0 Å². The molecule has 0 radical (unpaired) electrons. The normalized spacial score (nSPS) is 20.8. The standard InChI is InChI=1S/C13H18N2O/c1-15-8-5-9-11(15)4-3-10(12(9)16-2)13(14)6-7-13/h3-4H,5-8,14H2,1-2H3. The van der Waals surface area contributed by atoms with Crippen molar-refractivity contribution in [2.24, 2.45) is 5.73 Å². The van der Waals surface area contributed by atoms with Gasteiger partial charge in [0.05, 0.1) is 7.11 Å². The molecule has 86 valence electrons. The van der Waals surface area contributed by atoms with E-state index >= 15 is 0 Å². The van der Waals surface area contributed by atoms with E-state index in [4.69, 9.17) is 10.5 Å². The van der Waals surface area contributed by atoms with Crippen LogP contribution in [0.25, 0.3) is 0 Å². The average molecular weight is 218 g/mol. The predicted molar refractivity (Wildman–Crippen MR) is 65.1 cm³/mol. The van der Waals surface area contributed by atoms with Gasteiger partial charge < -0.3 is 15.4 Å². The lowest BCUT2D eigenvalue weighted by molar-refractivity contribution is 0.400. The van der Waals surface area contributed by atoms with Crippen LogP contribution < -0.4 is 15.4 Å². The van der Waals surface area contributed by atoms with Crippen molar-refractivity contribution in [2.75, 3.05) is 25.6 Å². The summed E-state index contributed by atoms with van der Waals surface area (Å²) in [7, 11) is 3.88. The lowest BCUT2D eigenvalue weighted by atomic mass is 9.99. The molecule has 0 spiro atoms. The minimum Gasteiger partial charge on any atom is -0.496 e. The van der Waals surface area contributed by atoms with Gasteiger partial charge in [-0.1, -0.05) is 6.07 Å². The largest absolute Gasteiger partial charge is 0.496 e. The SMILES string of the molecule is COc1c(C2(N)CC2)ccc2c1CCN2C. The second kappa shape index (κ2) is 3.14. The number of rotatable bonds is 2. The highest BCUT2D eigenvalue weighted by atomic mass is 16.5. The number of hydrogen-bond acceptors (Lipinski definition) is 3. The quantitative estimate of drug-likeness (QED) is 0.820. The molecule has 1 aliphatic carbocycles. The van der Waals surface area contributed by atoms with Gasteiger partial charge in [-0.25, -0.2) is 0 Å². The third-order valence-corrected chi connectivity index (χ3v) is 3.87. The Balaban J connectivity index is 2.15. The summed E-state index contributed by atoms with van der Waals surface area (Å²) in [5.74, 6) is 1.03. The molecule has 0 unspecified atom stereocenters. The van der Waals surface area contributed by atoms with Crippen molar-refractivity contribution in [1.82, 2.24) is 0 Å². The maximum Gasteiger partial charge on any atom is 0.129 e. The summed E-state index contributed by atoms with van der Waals surface area (Å²) in [6, 6.07) is 4.33. The number of anilines is 1. The minimum atomic E-state index is -0.110. The van der Waals surface area contributed by atoms with Gasteiger partial charge in [0.25, 0.3) is 0 Å². The molecule has 1 aromatic rings. The average Bonchev–Trinajstić information content (AvgIpc) is 2.93. The number of nitrogens with two attached hydrogens (primary N) is 1. The summed E-state index contributed by atoms with van der Waals surface area (Å²) in [6.45, 7) is 1.08. The van der Waals surface area contributed by atoms with E-state index in [1.165, 1.54) is 16.8 Å². The fourth-order valence-electron chi connectivity index (χ4n) is 2.65. The van der Waals surface area contributed by atoms with Crippen LogP contribution in [0.1, 0.15) is 24.0 Å².